The second kappa shape index (κ2) is 13.9. The summed E-state index contributed by atoms with van der Waals surface area (Å²) in [6.45, 7) is 2.21. The first kappa shape index (κ1) is 28.5. The lowest BCUT2D eigenvalue weighted by atomic mass is 9.84. The van der Waals surface area contributed by atoms with Crippen LogP contribution in [0.4, 0.5) is 5.69 Å². The van der Waals surface area contributed by atoms with Crippen molar-refractivity contribution in [2.75, 3.05) is 38.5 Å². The molecule has 12 nitrogen and oxygen atoms in total. The standard InChI is InChI=1S/C22H34N6O6/c1-22(2,21(33)34)9-16(24-3)8-14-4-6-15(7-5-14)28-20(32)13-27-19(31)12-26-18(30)11-25-17(29)10-23/h4-7,16,24H,8-13,23H2,1-3H3,(H,25,29)(H,26,30)(H,27,31)(H,28,32)(H,33,34). The van der Waals surface area contributed by atoms with Crippen molar-refractivity contribution >= 4 is 35.3 Å². The fourth-order valence-electron chi connectivity index (χ4n) is 2.93. The number of carboxylic acid groups (broad SMARTS) is 1. The van der Waals surface area contributed by atoms with Crippen molar-refractivity contribution in [1.29, 1.82) is 0 Å². The van der Waals surface area contributed by atoms with Crippen LogP contribution in [-0.4, -0.2) is 74.0 Å². The van der Waals surface area contributed by atoms with E-state index in [0.717, 1.165) is 5.56 Å². The first-order valence-electron chi connectivity index (χ1n) is 10.8. The van der Waals surface area contributed by atoms with Crippen LogP contribution in [-0.2, 0) is 30.4 Å². The lowest BCUT2D eigenvalue weighted by Crippen LogP contribution is -2.44. The summed E-state index contributed by atoms with van der Waals surface area (Å²) >= 11 is 0. The molecule has 188 valence electrons. The summed E-state index contributed by atoms with van der Waals surface area (Å²) in [4.78, 5) is 57.7. The molecule has 0 heterocycles. The van der Waals surface area contributed by atoms with E-state index in [4.69, 9.17) is 5.73 Å². The quantitative estimate of drug-likeness (QED) is 0.169. The number of likely N-dealkylation sites (N-methyl/N-ethyl adjacent to an activating group) is 1. The average molecular weight is 479 g/mol. The zero-order chi connectivity index (χ0) is 25.7. The van der Waals surface area contributed by atoms with Gasteiger partial charge >= 0.3 is 5.97 Å². The molecule has 0 bridgehead atoms. The molecule has 4 amide bonds. The highest BCUT2D eigenvalue weighted by atomic mass is 16.4. The molecule has 1 atom stereocenters. The number of anilines is 1. The van der Waals surface area contributed by atoms with Crippen LogP contribution in [0.5, 0.6) is 0 Å². The maximum Gasteiger partial charge on any atom is 0.309 e. The maximum absolute atomic E-state index is 12.1. The maximum atomic E-state index is 12.1. The topological polar surface area (TPSA) is 192 Å². The van der Waals surface area contributed by atoms with E-state index < -0.39 is 35.0 Å². The molecule has 0 aliphatic rings. The Morgan fingerprint density at radius 3 is 1.85 bits per heavy atom. The van der Waals surface area contributed by atoms with Crippen molar-refractivity contribution in [2.45, 2.75) is 32.7 Å². The number of hydrogen-bond donors (Lipinski definition) is 7. The predicted octanol–water partition coefficient (Wildman–Crippen LogP) is -1.44. The minimum Gasteiger partial charge on any atom is -0.481 e. The van der Waals surface area contributed by atoms with Crippen molar-refractivity contribution in [2.24, 2.45) is 11.1 Å². The molecule has 0 saturated carbocycles. The van der Waals surface area contributed by atoms with Gasteiger partial charge in [0.1, 0.15) is 0 Å². The number of amides is 4. The molecule has 0 radical (unpaired) electrons. The van der Waals surface area contributed by atoms with E-state index in [-0.39, 0.29) is 32.2 Å². The van der Waals surface area contributed by atoms with Gasteiger partial charge in [0, 0.05) is 11.7 Å². The molecule has 1 aromatic carbocycles. The summed E-state index contributed by atoms with van der Waals surface area (Å²) < 4.78 is 0. The Morgan fingerprint density at radius 2 is 1.38 bits per heavy atom. The number of carbonyl (C=O) groups is 5. The Bertz CT molecular complexity index is 871. The average Bonchev–Trinajstić information content (AvgIpc) is 2.80. The fraction of sp³-hybridized carbons (Fsp3) is 0.500. The highest BCUT2D eigenvalue weighted by molar-refractivity contribution is 5.95. The zero-order valence-electron chi connectivity index (χ0n) is 19.7. The second-order valence-corrected chi connectivity index (χ2v) is 8.36. The first-order valence-corrected chi connectivity index (χ1v) is 10.8. The number of benzene rings is 1. The number of hydrogen-bond acceptors (Lipinski definition) is 7. The van der Waals surface area contributed by atoms with E-state index in [1.807, 2.05) is 12.1 Å². The van der Waals surface area contributed by atoms with E-state index in [2.05, 4.69) is 26.6 Å². The van der Waals surface area contributed by atoms with Crippen molar-refractivity contribution in [3.63, 3.8) is 0 Å². The van der Waals surface area contributed by atoms with Gasteiger partial charge in [0.05, 0.1) is 31.6 Å². The summed E-state index contributed by atoms with van der Waals surface area (Å²) in [7, 11) is 1.79. The van der Waals surface area contributed by atoms with Crippen LogP contribution in [0.1, 0.15) is 25.8 Å². The molecule has 1 aromatic rings. The van der Waals surface area contributed by atoms with E-state index in [1.54, 1.807) is 33.0 Å². The van der Waals surface area contributed by atoms with Crippen LogP contribution >= 0.6 is 0 Å². The molecule has 34 heavy (non-hydrogen) atoms. The number of nitrogens with two attached hydrogens (primary N) is 1. The van der Waals surface area contributed by atoms with Crippen LogP contribution in [0, 0.1) is 5.41 Å². The number of nitrogens with one attached hydrogen (secondary N) is 5. The third-order valence-electron chi connectivity index (χ3n) is 4.99. The lowest BCUT2D eigenvalue weighted by molar-refractivity contribution is -0.147. The molecular weight excluding hydrogens is 444 g/mol. The van der Waals surface area contributed by atoms with Gasteiger partial charge in [-0.25, -0.2) is 0 Å². The summed E-state index contributed by atoms with van der Waals surface area (Å²) in [6, 6.07) is 7.09. The lowest BCUT2D eigenvalue weighted by Gasteiger charge is -2.26. The van der Waals surface area contributed by atoms with Crippen LogP contribution in [0.2, 0.25) is 0 Å². The monoisotopic (exact) mass is 478 g/mol. The highest BCUT2D eigenvalue weighted by Crippen LogP contribution is 2.24. The van der Waals surface area contributed by atoms with Crippen LogP contribution < -0.4 is 32.3 Å². The van der Waals surface area contributed by atoms with Crippen molar-refractivity contribution < 1.29 is 29.1 Å². The zero-order valence-corrected chi connectivity index (χ0v) is 19.7. The van der Waals surface area contributed by atoms with E-state index in [9.17, 15) is 29.1 Å². The number of carboxylic acids is 1. The molecule has 0 fully saturated rings. The number of aliphatic carboxylic acids is 1. The van der Waals surface area contributed by atoms with Gasteiger partial charge in [0.25, 0.3) is 0 Å². The first-order chi connectivity index (χ1) is 16.0. The normalized spacial score (nSPS) is 11.8. The molecule has 0 spiro atoms. The minimum absolute atomic E-state index is 0.0285. The Hall–Kier alpha value is -3.51. The second-order valence-electron chi connectivity index (χ2n) is 8.36. The molecule has 0 aliphatic heterocycles. The third-order valence-corrected chi connectivity index (χ3v) is 4.99. The van der Waals surface area contributed by atoms with E-state index >= 15 is 0 Å². The Morgan fingerprint density at radius 1 is 0.882 bits per heavy atom. The van der Waals surface area contributed by atoms with Crippen molar-refractivity contribution in [1.82, 2.24) is 21.3 Å². The molecule has 0 aromatic heterocycles. The molecule has 1 unspecified atom stereocenters. The van der Waals surface area contributed by atoms with E-state index in [0.29, 0.717) is 18.5 Å². The van der Waals surface area contributed by atoms with Gasteiger partial charge in [0.15, 0.2) is 0 Å². The Kier molecular flexibility index (Phi) is 11.7. The molecule has 0 aliphatic carbocycles. The fourth-order valence-corrected chi connectivity index (χ4v) is 2.93. The van der Waals surface area contributed by atoms with Gasteiger partial charge in [0.2, 0.25) is 23.6 Å². The van der Waals surface area contributed by atoms with Gasteiger partial charge in [-0.2, -0.15) is 0 Å². The molecular formula is C22H34N6O6. The van der Waals surface area contributed by atoms with Gasteiger partial charge in [-0.3, -0.25) is 24.0 Å². The van der Waals surface area contributed by atoms with E-state index in [1.165, 1.54) is 0 Å². The van der Waals surface area contributed by atoms with Crippen molar-refractivity contribution in [3.05, 3.63) is 29.8 Å². The van der Waals surface area contributed by atoms with Crippen LogP contribution in [0.15, 0.2) is 24.3 Å². The SMILES string of the molecule is CNC(Cc1ccc(NC(=O)CNC(=O)CNC(=O)CNC(=O)CN)cc1)CC(C)(C)C(=O)O. The van der Waals surface area contributed by atoms with Gasteiger partial charge in [-0.05, 0) is 51.4 Å². The van der Waals surface area contributed by atoms with Crippen LogP contribution in [0.25, 0.3) is 0 Å². The van der Waals surface area contributed by atoms with Gasteiger partial charge in [-0.1, -0.05) is 12.1 Å². The van der Waals surface area contributed by atoms with Crippen molar-refractivity contribution in [3.8, 4) is 0 Å². The smallest absolute Gasteiger partial charge is 0.309 e. The highest BCUT2D eigenvalue weighted by Gasteiger charge is 2.30. The molecule has 8 N–H and O–H groups in total. The predicted molar refractivity (Wildman–Crippen MR) is 126 cm³/mol. The van der Waals surface area contributed by atoms with Gasteiger partial charge in [-0.15, -0.1) is 0 Å². The number of rotatable bonds is 14. The largest absolute Gasteiger partial charge is 0.481 e. The summed E-state index contributed by atoms with van der Waals surface area (Å²) in [5.74, 6) is -2.91. The number of carbonyl (C=O) groups excluding carboxylic acids is 4. The minimum atomic E-state index is -0.852. The molecule has 12 heteroatoms. The molecule has 0 saturated heterocycles. The summed E-state index contributed by atoms with van der Waals surface area (Å²) in [6.07, 6.45) is 1.08. The Labute approximate surface area is 198 Å². The third kappa shape index (κ3) is 10.9. The van der Waals surface area contributed by atoms with Crippen LogP contribution in [0.3, 0.4) is 0 Å². The molecule has 1 rings (SSSR count). The Balaban J connectivity index is 2.41. The summed E-state index contributed by atoms with van der Waals surface area (Å²) in [5.41, 5.74) is 5.76. The summed E-state index contributed by atoms with van der Waals surface area (Å²) in [5, 5.41) is 22.1. The van der Waals surface area contributed by atoms with Gasteiger partial charge < -0.3 is 37.4 Å².